The quantitative estimate of drug-likeness (QED) is 0.294. The third-order valence-corrected chi connectivity index (χ3v) is 4.91. The Hall–Kier alpha value is -5.06. The molecule has 4 rings (SSSR count). The molecular formula is C24H20N6O5. The number of carbonyl (C=O) groups excluding carboxylic acids is 2. The molecule has 0 unspecified atom stereocenters. The van der Waals surface area contributed by atoms with Gasteiger partial charge in [0.15, 0.2) is 12.3 Å². The van der Waals surface area contributed by atoms with Crippen LogP contribution in [0.2, 0.25) is 0 Å². The summed E-state index contributed by atoms with van der Waals surface area (Å²) in [7, 11) is 0. The second-order valence-corrected chi connectivity index (χ2v) is 7.40. The van der Waals surface area contributed by atoms with Crippen LogP contribution < -0.4 is 15.4 Å². The molecule has 1 heterocycles. The molecule has 1 aromatic heterocycles. The predicted octanol–water partition coefficient (Wildman–Crippen LogP) is 3.75. The fourth-order valence-corrected chi connectivity index (χ4v) is 3.24. The van der Waals surface area contributed by atoms with Gasteiger partial charge in [-0.25, -0.2) is 4.68 Å². The summed E-state index contributed by atoms with van der Waals surface area (Å²) in [5.41, 5.74) is 1.87. The van der Waals surface area contributed by atoms with Crippen molar-refractivity contribution in [2.75, 3.05) is 17.2 Å². The zero-order valence-electron chi connectivity index (χ0n) is 18.5. The normalized spacial score (nSPS) is 10.4. The molecule has 2 amide bonds. The number of nitro groups is 1. The largest absolute Gasteiger partial charge is 0.484 e. The Labute approximate surface area is 199 Å². The molecule has 11 heteroatoms. The molecule has 4 aromatic rings. The van der Waals surface area contributed by atoms with E-state index in [4.69, 9.17) is 4.74 Å². The van der Waals surface area contributed by atoms with E-state index in [2.05, 4.69) is 20.9 Å². The average molecular weight is 472 g/mol. The van der Waals surface area contributed by atoms with Crippen molar-refractivity contribution in [2.45, 2.75) is 6.92 Å². The van der Waals surface area contributed by atoms with Crippen LogP contribution in [0.15, 0.2) is 78.9 Å². The Balaban J connectivity index is 1.41. The summed E-state index contributed by atoms with van der Waals surface area (Å²) in [6.07, 6.45) is 0. The zero-order valence-corrected chi connectivity index (χ0v) is 18.5. The van der Waals surface area contributed by atoms with Crippen LogP contribution in [0.3, 0.4) is 0 Å². The number of non-ortho nitro benzene ring substituents is 1. The van der Waals surface area contributed by atoms with Crippen LogP contribution in [-0.4, -0.2) is 38.3 Å². The van der Waals surface area contributed by atoms with E-state index >= 15 is 0 Å². The number of carbonyl (C=O) groups is 2. The van der Waals surface area contributed by atoms with Crippen LogP contribution in [0.1, 0.15) is 16.2 Å². The summed E-state index contributed by atoms with van der Waals surface area (Å²) in [5, 5.41) is 24.4. The van der Waals surface area contributed by atoms with Crippen molar-refractivity contribution in [3.8, 4) is 11.4 Å². The summed E-state index contributed by atoms with van der Waals surface area (Å²) in [6.45, 7) is 1.43. The first-order valence-electron chi connectivity index (χ1n) is 10.5. The highest BCUT2D eigenvalue weighted by Crippen LogP contribution is 2.21. The van der Waals surface area contributed by atoms with Gasteiger partial charge in [0.2, 0.25) is 0 Å². The molecule has 0 bridgehead atoms. The third kappa shape index (κ3) is 5.66. The Morgan fingerprint density at radius 3 is 2.49 bits per heavy atom. The maximum absolute atomic E-state index is 12.8. The number of nitrogens with zero attached hydrogens (tertiary/aromatic N) is 4. The Morgan fingerprint density at radius 2 is 1.71 bits per heavy atom. The van der Waals surface area contributed by atoms with E-state index in [0.29, 0.717) is 28.5 Å². The topological polar surface area (TPSA) is 141 Å². The number of anilines is 2. The van der Waals surface area contributed by atoms with Gasteiger partial charge < -0.3 is 15.4 Å². The van der Waals surface area contributed by atoms with E-state index in [0.717, 1.165) is 0 Å². The van der Waals surface area contributed by atoms with Crippen molar-refractivity contribution in [2.24, 2.45) is 0 Å². The van der Waals surface area contributed by atoms with E-state index in [9.17, 15) is 19.7 Å². The van der Waals surface area contributed by atoms with Gasteiger partial charge in [-0.05, 0) is 37.3 Å². The van der Waals surface area contributed by atoms with Gasteiger partial charge in [-0.1, -0.05) is 35.5 Å². The van der Waals surface area contributed by atoms with Gasteiger partial charge in [0, 0.05) is 29.6 Å². The standard InChI is InChI=1S/C24H20N6O5/c1-16-23(27-28-29(16)19-10-6-11-20(14-19)30(33)34)24(32)26-18-9-5-12-21(13-18)35-15-22(31)25-17-7-3-2-4-8-17/h2-14H,15H2,1H3,(H,25,31)(H,26,32). The van der Waals surface area contributed by atoms with Crippen LogP contribution >= 0.6 is 0 Å². The molecule has 0 saturated carbocycles. The summed E-state index contributed by atoms with van der Waals surface area (Å²) < 4.78 is 6.89. The van der Waals surface area contributed by atoms with E-state index < -0.39 is 10.8 Å². The maximum atomic E-state index is 12.8. The first-order valence-corrected chi connectivity index (χ1v) is 10.5. The molecule has 0 atom stereocenters. The third-order valence-electron chi connectivity index (χ3n) is 4.91. The highest BCUT2D eigenvalue weighted by atomic mass is 16.6. The fourth-order valence-electron chi connectivity index (χ4n) is 3.24. The fraction of sp³-hybridized carbons (Fsp3) is 0.0833. The van der Waals surface area contributed by atoms with Gasteiger partial charge >= 0.3 is 0 Å². The van der Waals surface area contributed by atoms with Crippen molar-refractivity contribution in [1.29, 1.82) is 0 Å². The first-order chi connectivity index (χ1) is 16.9. The van der Waals surface area contributed by atoms with Crippen LogP contribution in [0.5, 0.6) is 5.75 Å². The molecule has 35 heavy (non-hydrogen) atoms. The molecule has 2 N–H and O–H groups in total. The van der Waals surface area contributed by atoms with Crippen LogP contribution in [0.25, 0.3) is 5.69 Å². The number of nitro benzene ring substituents is 1. The van der Waals surface area contributed by atoms with Crippen LogP contribution in [-0.2, 0) is 4.79 Å². The highest BCUT2D eigenvalue weighted by molar-refractivity contribution is 6.03. The van der Waals surface area contributed by atoms with Gasteiger partial charge in [-0.15, -0.1) is 5.10 Å². The Bertz CT molecular complexity index is 1390. The molecule has 11 nitrogen and oxygen atoms in total. The number of hydrogen-bond donors (Lipinski definition) is 2. The number of aromatic nitrogens is 3. The van der Waals surface area contributed by atoms with Crippen LogP contribution in [0, 0.1) is 17.0 Å². The molecule has 0 fully saturated rings. The Kier molecular flexibility index (Phi) is 6.77. The van der Waals surface area contributed by atoms with Crippen molar-refractivity contribution < 1.29 is 19.2 Å². The minimum Gasteiger partial charge on any atom is -0.484 e. The minimum absolute atomic E-state index is 0.0602. The van der Waals surface area contributed by atoms with Gasteiger partial charge in [0.05, 0.1) is 16.3 Å². The van der Waals surface area contributed by atoms with Crippen molar-refractivity contribution in [3.63, 3.8) is 0 Å². The number of ether oxygens (including phenoxy) is 1. The molecule has 0 aliphatic heterocycles. The smallest absolute Gasteiger partial charge is 0.278 e. The SMILES string of the molecule is Cc1c(C(=O)Nc2cccc(OCC(=O)Nc3ccccc3)c2)nnn1-c1cccc([N+](=O)[O-])c1. The first kappa shape index (κ1) is 23.1. The predicted molar refractivity (Wildman–Crippen MR) is 128 cm³/mol. The summed E-state index contributed by atoms with van der Waals surface area (Å²) in [6, 6.07) is 21.5. The average Bonchev–Trinajstić information content (AvgIpc) is 3.25. The number of benzene rings is 3. The molecule has 0 aliphatic rings. The van der Waals surface area contributed by atoms with Gasteiger partial charge in [0.25, 0.3) is 17.5 Å². The zero-order chi connectivity index (χ0) is 24.8. The summed E-state index contributed by atoms with van der Waals surface area (Å²) >= 11 is 0. The number of hydrogen-bond acceptors (Lipinski definition) is 7. The lowest BCUT2D eigenvalue weighted by Crippen LogP contribution is -2.20. The summed E-state index contributed by atoms with van der Waals surface area (Å²) in [5.74, 6) is -0.444. The van der Waals surface area contributed by atoms with Crippen molar-refractivity contribution in [3.05, 3.63) is 100 Å². The second-order valence-electron chi connectivity index (χ2n) is 7.40. The number of rotatable bonds is 8. The molecule has 0 aliphatic carbocycles. The van der Waals surface area contributed by atoms with E-state index in [1.54, 1.807) is 49.4 Å². The lowest BCUT2D eigenvalue weighted by Gasteiger charge is -2.09. The van der Waals surface area contributed by atoms with Crippen molar-refractivity contribution >= 4 is 28.9 Å². The highest BCUT2D eigenvalue weighted by Gasteiger charge is 2.19. The van der Waals surface area contributed by atoms with E-state index in [1.165, 1.54) is 22.9 Å². The minimum atomic E-state index is -0.516. The number of para-hydroxylation sites is 1. The molecule has 0 spiro atoms. The van der Waals surface area contributed by atoms with E-state index in [1.807, 2.05) is 18.2 Å². The number of nitrogens with one attached hydrogen (secondary N) is 2. The van der Waals surface area contributed by atoms with E-state index in [-0.39, 0.29) is 23.9 Å². The molecular weight excluding hydrogens is 452 g/mol. The molecule has 0 saturated heterocycles. The monoisotopic (exact) mass is 472 g/mol. The lowest BCUT2D eigenvalue weighted by molar-refractivity contribution is -0.384. The lowest BCUT2D eigenvalue weighted by atomic mass is 10.2. The van der Waals surface area contributed by atoms with Crippen LogP contribution in [0.4, 0.5) is 17.1 Å². The van der Waals surface area contributed by atoms with Crippen molar-refractivity contribution in [1.82, 2.24) is 15.0 Å². The summed E-state index contributed by atoms with van der Waals surface area (Å²) in [4.78, 5) is 35.4. The molecule has 3 aromatic carbocycles. The van der Waals surface area contributed by atoms with Gasteiger partial charge in [0.1, 0.15) is 5.75 Å². The Morgan fingerprint density at radius 1 is 0.971 bits per heavy atom. The maximum Gasteiger partial charge on any atom is 0.278 e. The molecule has 0 radical (unpaired) electrons. The van der Waals surface area contributed by atoms with Gasteiger partial charge in [-0.3, -0.25) is 19.7 Å². The number of amides is 2. The van der Waals surface area contributed by atoms with Gasteiger partial charge in [-0.2, -0.15) is 0 Å². The molecule has 176 valence electrons. The second kappa shape index (κ2) is 10.3.